The topological polar surface area (TPSA) is 67.1 Å². The van der Waals surface area contributed by atoms with Crippen LogP contribution in [-0.2, 0) is 6.54 Å². The Morgan fingerprint density at radius 2 is 1.45 bits per heavy atom. The molecule has 22 heavy (non-hydrogen) atoms. The number of fused-ring (bicyclic) bond motifs is 1. The molecule has 3 rings (SSSR count). The molecule has 0 bridgehead atoms. The van der Waals surface area contributed by atoms with Gasteiger partial charge in [0.15, 0.2) is 0 Å². The minimum Gasteiger partial charge on any atom is -0.326 e. The van der Waals surface area contributed by atoms with Gasteiger partial charge in [-0.25, -0.2) is 4.79 Å². The lowest BCUT2D eigenvalue weighted by Crippen LogP contribution is -2.20. The van der Waals surface area contributed by atoms with Crippen LogP contribution in [0.25, 0.3) is 10.8 Å². The second-order valence-electron chi connectivity index (χ2n) is 4.97. The van der Waals surface area contributed by atoms with Gasteiger partial charge in [0.1, 0.15) is 0 Å². The maximum Gasteiger partial charge on any atom is 0.323 e. The molecule has 3 aromatic rings. The summed E-state index contributed by atoms with van der Waals surface area (Å²) < 4.78 is 0. The Hall–Kier alpha value is -2.85. The van der Waals surface area contributed by atoms with Crippen molar-refractivity contribution in [2.75, 3.05) is 10.6 Å². The number of rotatable bonds is 3. The molecule has 0 saturated carbocycles. The van der Waals surface area contributed by atoms with Crippen molar-refractivity contribution in [3.8, 4) is 0 Å². The summed E-state index contributed by atoms with van der Waals surface area (Å²) in [6, 6.07) is 21.0. The molecule has 4 N–H and O–H groups in total. The van der Waals surface area contributed by atoms with E-state index in [-0.39, 0.29) is 6.03 Å². The average Bonchev–Trinajstić information content (AvgIpc) is 2.55. The summed E-state index contributed by atoms with van der Waals surface area (Å²) in [5, 5.41) is 7.83. The molecular formula is C18H17N3O. The fourth-order valence-corrected chi connectivity index (χ4v) is 2.43. The molecule has 0 aliphatic rings. The number of para-hydroxylation sites is 1. The maximum atomic E-state index is 12.2. The number of carbonyl (C=O) groups excluding carboxylic acids is 1. The van der Waals surface area contributed by atoms with Crippen LogP contribution in [0, 0.1) is 0 Å². The van der Waals surface area contributed by atoms with Gasteiger partial charge in [-0.3, -0.25) is 0 Å². The number of anilines is 2. The fourth-order valence-electron chi connectivity index (χ4n) is 2.43. The second kappa shape index (κ2) is 6.28. The summed E-state index contributed by atoms with van der Waals surface area (Å²) in [5.41, 5.74) is 8.08. The fraction of sp³-hybridized carbons (Fsp3) is 0.0556. The van der Waals surface area contributed by atoms with Crippen LogP contribution in [0.2, 0.25) is 0 Å². The van der Waals surface area contributed by atoms with E-state index in [2.05, 4.69) is 10.6 Å². The lowest BCUT2D eigenvalue weighted by atomic mass is 10.1. The van der Waals surface area contributed by atoms with Crippen molar-refractivity contribution in [2.24, 2.45) is 5.73 Å². The minimum atomic E-state index is -0.280. The van der Waals surface area contributed by atoms with E-state index in [4.69, 9.17) is 5.73 Å². The second-order valence-corrected chi connectivity index (χ2v) is 4.97. The summed E-state index contributed by atoms with van der Waals surface area (Å²) in [5.74, 6) is 0. The van der Waals surface area contributed by atoms with Crippen LogP contribution < -0.4 is 16.4 Å². The highest BCUT2D eigenvalue weighted by molar-refractivity contribution is 6.06. The van der Waals surface area contributed by atoms with E-state index < -0.39 is 0 Å². The van der Waals surface area contributed by atoms with Gasteiger partial charge in [-0.2, -0.15) is 0 Å². The number of hydrogen-bond donors (Lipinski definition) is 3. The number of nitrogens with two attached hydrogens (primary N) is 1. The SMILES string of the molecule is NCc1ccccc1NC(=O)Nc1cccc2ccccc12. The summed E-state index contributed by atoms with van der Waals surface area (Å²) in [6.07, 6.45) is 0. The van der Waals surface area contributed by atoms with Crippen molar-refractivity contribution in [1.82, 2.24) is 0 Å². The van der Waals surface area contributed by atoms with Gasteiger partial charge in [0, 0.05) is 17.6 Å². The predicted molar refractivity (Wildman–Crippen MR) is 90.9 cm³/mol. The van der Waals surface area contributed by atoms with Crippen LogP contribution in [-0.4, -0.2) is 6.03 Å². The van der Waals surface area contributed by atoms with E-state index in [1.54, 1.807) is 0 Å². The van der Waals surface area contributed by atoms with Gasteiger partial charge in [-0.05, 0) is 23.1 Å². The Balaban J connectivity index is 1.82. The van der Waals surface area contributed by atoms with Crippen molar-refractivity contribution in [2.45, 2.75) is 6.54 Å². The van der Waals surface area contributed by atoms with Gasteiger partial charge in [-0.1, -0.05) is 54.6 Å². The molecule has 4 heteroatoms. The van der Waals surface area contributed by atoms with E-state index in [9.17, 15) is 4.79 Å². The third-order valence-electron chi connectivity index (χ3n) is 3.52. The Morgan fingerprint density at radius 1 is 0.818 bits per heavy atom. The number of amides is 2. The number of carbonyl (C=O) groups is 1. The maximum absolute atomic E-state index is 12.2. The first kappa shape index (κ1) is 14.1. The van der Waals surface area contributed by atoms with E-state index in [1.165, 1.54) is 0 Å². The lowest BCUT2D eigenvalue weighted by Gasteiger charge is -2.12. The standard InChI is InChI=1S/C18H17N3O/c19-12-14-7-2-4-10-16(14)20-18(22)21-17-11-5-8-13-6-1-3-9-15(13)17/h1-11H,12,19H2,(H2,20,21,22). The molecule has 0 aliphatic heterocycles. The lowest BCUT2D eigenvalue weighted by molar-refractivity contribution is 0.262. The number of urea groups is 1. The first-order valence-electron chi connectivity index (χ1n) is 7.11. The molecule has 0 aromatic heterocycles. The van der Waals surface area contributed by atoms with E-state index in [0.717, 1.165) is 27.7 Å². The van der Waals surface area contributed by atoms with Crippen LogP contribution in [0.15, 0.2) is 66.7 Å². The van der Waals surface area contributed by atoms with Crippen molar-refractivity contribution < 1.29 is 4.79 Å². The van der Waals surface area contributed by atoms with Crippen LogP contribution in [0.1, 0.15) is 5.56 Å². The van der Waals surface area contributed by atoms with E-state index >= 15 is 0 Å². The predicted octanol–water partition coefficient (Wildman–Crippen LogP) is 3.94. The highest BCUT2D eigenvalue weighted by Crippen LogP contribution is 2.23. The van der Waals surface area contributed by atoms with Gasteiger partial charge in [0.2, 0.25) is 0 Å². The molecule has 0 radical (unpaired) electrons. The quantitative estimate of drug-likeness (QED) is 0.684. The molecule has 0 fully saturated rings. The highest BCUT2D eigenvalue weighted by atomic mass is 16.2. The first-order valence-corrected chi connectivity index (χ1v) is 7.11. The average molecular weight is 291 g/mol. The zero-order valence-electron chi connectivity index (χ0n) is 12.0. The molecular weight excluding hydrogens is 274 g/mol. The van der Waals surface area contributed by atoms with Gasteiger partial charge in [-0.15, -0.1) is 0 Å². The number of hydrogen-bond acceptors (Lipinski definition) is 2. The van der Waals surface area contributed by atoms with Gasteiger partial charge in [0.25, 0.3) is 0 Å². The van der Waals surface area contributed by atoms with Gasteiger partial charge < -0.3 is 16.4 Å². The van der Waals surface area contributed by atoms with E-state index in [0.29, 0.717) is 6.54 Å². The van der Waals surface area contributed by atoms with E-state index in [1.807, 2.05) is 66.7 Å². The summed E-state index contributed by atoms with van der Waals surface area (Å²) >= 11 is 0. The van der Waals surface area contributed by atoms with Crippen molar-refractivity contribution >= 4 is 28.2 Å². The Kier molecular flexibility index (Phi) is 4.03. The molecule has 3 aromatic carbocycles. The van der Waals surface area contributed by atoms with Gasteiger partial charge in [0.05, 0.1) is 5.69 Å². The molecule has 0 heterocycles. The molecule has 110 valence electrons. The van der Waals surface area contributed by atoms with Crippen molar-refractivity contribution in [3.63, 3.8) is 0 Å². The Labute approximate surface area is 129 Å². The third-order valence-corrected chi connectivity index (χ3v) is 3.52. The van der Waals surface area contributed by atoms with Crippen molar-refractivity contribution in [1.29, 1.82) is 0 Å². The Morgan fingerprint density at radius 3 is 2.32 bits per heavy atom. The first-order chi connectivity index (χ1) is 10.8. The number of benzene rings is 3. The zero-order valence-corrected chi connectivity index (χ0v) is 12.0. The van der Waals surface area contributed by atoms with Gasteiger partial charge >= 0.3 is 6.03 Å². The molecule has 4 nitrogen and oxygen atoms in total. The molecule has 0 spiro atoms. The number of nitrogens with one attached hydrogen (secondary N) is 2. The summed E-state index contributed by atoms with van der Waals surface area (Å²) in [7, 11) is 0. The molecule has 0 aliphatic carbocycles. The monoisotopic (exact) mass is 291 g/mol. The molecule has 0 saturated heterocycles. The minimum absolute atomic E-state index is 0.280. The molecule has 0 atom stereocenters. The Bertz CT molecular complexity index is 809. The van der Waals surface area contributed by atoms with Crippen LogP contribution in [0.4, 0.5) is 16.2 Å². The molecule has 2 amide bonds. The summed E-state index contributed by atoms with van der Waals surface area (Å²) in [4.78, 5) is 12.2. The van der Waals surface area contributed by atoms with Crippen molar-refractivity contribution in [3.05, 3.63) is 72.3 Å². The normalized spacial score (nSPS) is 10.4. The third kappa shape index (κ3) is 2.92. The van der Waals surface area contributed by atoms with Crippen LogP contribution in [0.3, 0.4) is 0 Å². The highest BCUT2D eigenvalue weighted by Gasteiger charge is 2.07. The smallest absolute Gasteiger partial charge is 0.323 e. The zero-order chi connectivity index (χ0) is 15.4. The summed E-state index contributed by atoms with van der Waals surface area (Å²) in [6.45, 7) is 0.380. The van der Waals surface area contributed by atoms with Crippen LogP contribution >= 0.6 is 0 Å². The molecule has 0 unspecified atom stereocenters. The largest absolute Gasteiger partial charge is 0.326 e. The van der Waals surface area contributed by atoms with Crippen LogP contribution in [0.5, 0.6) is 0 Å².